The largest absolute Gasteiger partial charge is 0.416 e. The van der Waals surface area contributed by atoms with Crippen LogP contribution in [0.4, 0.5) is 29.6 Å². The summed E-state index contributed by atoms with van der Waals surface area (Å²) in [5.74, 6) is 0.539. The number of anilines is 2. The molecule has 0 saturated carbocycles. The van der Waals surface area contributed by atoms with Crippen LogP contribution in [0.5, 0.6) is 0 Å². The molecule has 3 aromatic rings. The molecule has 3 fully saturated rings. The number of alkyl halides is 3. The third-order valence-electron chi connectivity index (χ3n) is 8.90. The highest BCUT2D eigenvalue weighted by molar-refractivity contribution is 5.74. The first-order chi connectivity index (χ1) is 22.7. The maximum Gasteiger partial charge on any atom is 0.416 e. The monoisotopic (exact) mass is 671 g/mol. The van der Waals surface area contributed by atoms with Gasteiger partial charge in [0.25, 0.3) is 0 Å². The van der Waals surface area contributed by atoms with Crippen LogP contribution < -0.4 is 10.6 Å². The number of halogens is 3. The Hall–Kier alpha value is -3.75. The number of likely N-dealkylation sites (N-methyl/N-ethyl adjacent to an activating group) is 1. The first kappa shape index (κ1) is 35.6. The Bertz CT molecular complexity index is 1520. The van der Waals surface area contributed by atoms with Crippen LogP contribution in [0.15, 0.2) is 42.9 Å². The van der Waals surface area contributed by atoms with E-state index in [4.69, 9.17) is 4.84 Å². The van der Waals surface area contributed by atoms with E-state index in [-0.39, 0.29) is 29.0 Å². The molecule has 3 aliphatic rings. The number of carbonyl (C=O) groups is 1. The van der Waals surface area contributed by atoms with Gasteiger partial charge >= 0.3 is 12.2 Å². The normalized spacial score (nSPS) is 18.6. The van der Waals surface area contributed by atoms with Gasteiger partial charge in [0.15, 0.2) is 0 Å². The lowest BCUT2D eigenvalue weighted by Crippen LogP contribution is -2.45. The summed E-state index contributed by atoms with van der Waals surface area (Å²) < 4.78 is 45.1. The van der Waals surface area contributed by atoms with Gasteiger partial charge in [0.1, 0.15) is 0 Å². The van der Waals surface area contributed by atoms with Crippen LogP contribution in [0, 0.1) is 11.3 Å². The third kappa shape index (κ3) is 9.03. The van der Waals surface area contributed by atoms with Crippen molar-refractivity contribution in [2.75, 3.05) is 51.6 Å². The van der Waals surface area contributed by atoms with Gasteiger partial charge in [-0.25, -0.2) is 14.8 Å². The van der Waals surface area contributed by atoms with Crippen molar-refractivity contribution < 1.29 is 22.8 Å². The molecular weight excluding hydrogens is 623 g/mol. The second-order valence-corrected chi connectivity index (χ2v) is 14.2. The Morgan fingerprint density at radius 2 is 1.85 bits per heavy atom. The van der Waals surface area contributed by atoms with Crippen molar-refractivity contribution in [2.45, 2.75) is 72.3 Å². The lowest BCUT2D eigenvalue weighted by atomic mass is 9.80. The summed E-state index contributed by atoms with van der Waals surface area (Å²) in [7, 11) is 2.04. The zero-order valence-electron chi connectivity index (χ0n) is 28.7. The van der Waals surface area contributed by atoms with E-state index >= 15 is 0 Å². The third-order valence-corrected chi connectivity index (χ3v) is 8.90. The molecule has 1 unspecified atom stereocenters. The number of aromatic nitrogens is 4. The first-order valence-corrected chi connectivity index (χ1v) is 16.6. The van der Waals surface area contributed by atoms with Crippen LogP contribution in [0.25, 0.3) is 11.3 Å². The standard InChI is InChI=1S/C31H41F3N8O2.C3H7N/c1-20(2)44-42(29(43)40-12-10-23(16-40)30(3,4)5)15-22-8-7-21(13-26(22)31(32,33)34)27-9-11-35-28(38-27)37-24-14-36-41(17-24)25-18-39(6)19-25;1-2-4-3-1/h7-9,11,13-14,17,20,23,25H,10,12,15-16,18-19H2,1-6H3,(H,35,37,38);4H,1-3H2. The van der Waals surface area contributed by atoms with Crippen molar-refractivity contribution >= 4 is 17.7 Å². The Kier molecular flexibility index (Phi) is 11.0. The minimum absolute atomic E-state index is 0.0176. The second kappa shape index (κ2) is 14.8. The highest BCUT2D eigenvalue weighted by atomic mass is 19.4. The molecule has 3 saturated heterocycles. The summed E-state index contributed by atoms with van der Waals surface area (Å²) in [6.45, 7) is 14.9. The Balaban J connectivity index is 0.00000105. The van der Waals surface area contributed by atoms with Crippen molar-refractivity contribution in [3.8, 4) is 11.3 Å². The molecule has 2 amide bonds. The molecule has 48 heavy (non-hydrogen) atoms. The summed E-state index contributed by atoms with van der Waals surface area (Å²) in [5.41, 5.74) is 0.380. The SMILES string of the molecule is C1CNC1.CC(C)ON(Cc1ccc(-c2ccnc(Nc3cnn(C4CN(C)C4)c3)n2)cc1C(F)(F)F)C(=O)N1CCC(C(C)(C)C)C1. The summed E-state index contributed by atoms with van der Waals surface area (Å²) in [5, 5.41) is 11.7. The zero-order valence-corrected chi connectivity index (χ0v) is 28.7. The Morgan fingerprint density at radius 3 is 2.44 bits per heavy atom. The second-order valence-electron chi connectivity index (χ2n) is 14.2. The molecule has 5 heterocycles. The van der Waals surface area contributed by atoms with Crippen LogP contribution in [0.3, 0.4) is 0 Å². The molecule has 14 heteroatoms. The topological polar surface area (TPSA) is 104 Å². The molecule has 1 atom stereocenters. The van der Waals surface area contributed by atoms with Gasteiger partial charge in [-0.15, -0.1) is 0 Å². The molecular formula is C34H48F3N9O2. The number of urea groups is 1. The molecule has 6 rings (SSSR count). The average molecular weight is 672 g/mol. The van der Waals surface area contributed by atoms with Gasteiger partial charge in [0.2, 0.25) is 5.95 Å². The molecule has 2 N–H and O–H groups in total. The van der Waals surface area contributed by atoms with Gasteiger partial charge in [-0.3, -0.25) is 9.52 Å². The van der Waals surface area contributed by atoms with Crippen LogP contribution in [0.1, 0.15) is 64.6 Å². The van der Waals surface area contributed by atoms with Crippen molar-refractivity contribution in [1.29, 1.82) is 0 Å². The minimum Gasteiger partial charge on any atom is -0.323 e. The van der Waals surface area contributed by atoms with E-state index in [1.54, 1.807) is 37.1 Å². The van der Waals surface area contributed by atoms with Gasteiger partial charge in [-0.2, -0.15) is 23.3 Å². The number of amides is 2. The van der Waals surface area contributed by atoms with E-state index in [0.717, 1.165) is 30.6 Å². The number of hydrogen-bond donors (Lipinski definition) is 2. The Labute approximate surface area is 280 Å². The first-order valence-electron chi connectivity index (χ1n) is 16.6. The average Bonchev–Trinajstić information content (AvgIpc) is 3.64. The summed E-state index contributed by atoms with van der Waals surface area (Å²) in [6.07, 6.45) is 2.19. The zero-order chi connectivity index (χ0) is 34.6. The number of carbonyl (C=O) groups excluding carboxylic acids is 1. The molecule has 2 aromatic heterocycles. The summed E-state index contributed by atoms with van der Waals surface area (Å²) >= 11 is 0. The molecule has 0 radical (unpaired) electrons. The number of rotatable bonds is 8. The molecule has 3 aliphatic heterocycles. The maximum absolute atomic E-state index is 14.4. The molecule has 0 aliphatic carbocycles. The number of likely N-dealkylation sites (tertiary alicyclic amines) is 2. The molecule has 0 bridgehead atoms. The van der Waals surface area contributed by atoms with E-state index in [9.17, 15) is 18.0 Å². The van der Waals surface area contributed by atoms with E-state index in [2.05, 4.69) is 51.4 Å². The van der Waals surface area contributed by atoms with Gasteiger partial charge in [0.05, 0.1) is 41.8 Å². The number of nitrogens with zero attached hydrogens (tertiary/aromatic N) is 7. The number of nitrogens with one attached hydrogen (secondary N) is 2. The highest BCUT2D eigenvalue weighted by Gasteiger charge is 2.38. The quantitative estimate of drug-likeness (QED) is 0.273. The van der Waals surface area contributed by atoms with E-state index in [0.29, 0.717) is 36.4 Å². The van der Waals surface area contributed by atoms with Crippen LogP contribution in [-0.4, -0.2) is 93.1 Å². The number of hydroxylamine groups is 2. The number of benzene rings is 1. The predicted octanol–water partition coefficient (Wildman–Crippen LogP) is 6.20. The van der Waals surface area contributed by atoms with Crippen LogP contribution >= 0.6 is 0 Å². The molecule has 1 aromatic carbocycles. The predicted molar refractivity (Wildman–Crippen MR) is 178 cm³/mol. The van der Waals surface area contributed by atoms with Crippen molar-refractivity contribution in [1.82, 2.24) is 39.9 Å². The van der Waals surface area contributed by atoms with Crippen molar-refractivity contribution in [3.63, 3.8) is 0 Å². The van der Waals surface area contributed by atoms with Crippen molar-refractivity contribution in [3.05, 3.63) is 54.0 Å². The fourth-order valence-corrected chi connectivity index (χ4v) is 5.82. The molecule has 0 spiro atoms. The lowest BCUT2D eigenvalue weighted by Gasteiger charge is -2.36. The smallest absolute Gasteiger partial charge is 0.323 e. The van der Waals surface area contributed by atoms with Crippen LogP contribution in [-0.2, 0) is 17.6 Å². The van der Waals surface area contributed by atoms with E-state index in [1.807, 2.05) is 17.9 Å². The molecule has 11 nitrogen and oxygen atoms in total. The van der Waals surface area contributed by atoms with Gasteiger partial charge in [-0.05, 0) is 75.9 Å². The maximum atomic E-state index is 14.4. The number of hydrogen-bond acceptors (Lipinski definition) is 8. The van der Waals surface area contributed by atoms with Gasteiger partial charge in [0, 0.05) is 44.1 Å². The fourth-order valence-electron chi connectivity index (χ4n) is 5.82. The summed E-state index contributed by atoms with van der Waals surface area (Å²) in [4.78, 5) is 31.8. The van der Waals surface area contributed by atoms with Gasteiger partial charge in [-0.1, -0.05) is 32.9 Å². The van der Waals surface area contributed by atoms with Crippen molar-refractivity contribution in [2.24, 2.45) is 11.3 Å². The molecule has 262 valence electrons. The Morgan fingerprint density at radius 1 is 1.15 bits per heavy atom. The fraction of sp³-hybridized carbons (Fsp3) is 0.588. The minimum atomic E-state index is -4.67. The van der Waals surface area contributed by atoms with E-state index in [1.165, 1.54) is 31.8 Å². The summed E-state index contributed by atoms with van der Waals surface area (Å²) in [6, 6.07) is 5.46. The highest BCUT2D eigenvalue weighted by Crippen LogP contribution is 2.37. The van der Waals surface area contributed by atoms with Gasteiger partial charge < -0.3 is 20.4 Å². The lowest BCUT2D eigenvalue weighted by molar-refractivity contribution is -0.164. The van der Waals surface area contributed by atoms with E-state index < -0.39 is 23.9 Å². The van der Waals surface area contributed by atoms with Crippen LogP contribution in [0.2, 0.25) is 0 Å².